The van der Waals surface area contributed by atoms with Crippen LogP contribution < -0.4 is 5.32 Å². The number of furan rings is 1. The van der Waals surface area contributed by atoms with Gasteiger partial charge in [-0.15, -0.1) is 16.8 Å². The molecule has 0 bridgehead atoms. The predicted octanol–water partition coefficient (Wildman–Crippen LogP) is 4.81. The van der Waals surface area contributed by atoms with Crippen LogP contribution in [0.25, 0.3) is 11.4 Å². The highest BCUT2D eigenvalue weighted by molar-refractivity contribution is 8.00. The summed E-state index contributed by atoms with van der Waals surface area (Å²) in [6.45, 7) is 8.00. The minimum absolute atomic E-state index is 0.165. The molecule has 1 aromatic carbocycles. The predicted molar refractivity (Wildman–Crippen MR) is 108 cm³/mol. The van der Waals surface area contributed by atoms with Crippen molar-refractivity contribution in [3.63, 3.8) is 0 Å². The number of anilines is 1. The SMILES string of the molecule is C=CCn1c(S[C@@H](C)C(=O)Nc2ccccc2Cl)nnc1-c1ccoc1C. The standard InChI is InChI=1S/C19H19ClN4O2S/c1-4-10-24-17(14-9-11-26-12(14)2)22-23-19(24)27-13(3)18(25)21-16-8-6-5-7-15(16)20/h4-9,11,13H,1,10H2,2-3H3,(H,21,25)/t13-/m0/s1. The van der Waals surface area contributed by atoms with Gasteiger partial charge < -0.3 is 9.73 Å². The van der Waals surface area contributed by atoms with Crippen molar-refractivity contribution in [1.29, 1.82) is 0 Å². The zero-order valence-electron chi connectivity index (χ0n) is 15.0. The first-order valence-electron chi connectivity index (χ1n) is 8.32. The molecule has 0 fully saturated rings. The Bertz CT molecular complexity index is 966. The molecule has 0 unspecified atom stereocenters. The second-order valence-corrected chi connectivity index (χ2v) is 7.54. The van der Waals surface area contributed by atoms with Crippen molar-refractivity contribution in [2.45, 2.75) is 30.8 Å². The van der Waals surface area contributed by atoms with Crippen LogP contribution in [0.1, 0.15) is 12.7 Å². The van der Waals surface area contributed by atoms with E-state index in [0.29, 0.717) is 28.2 Å². The van der Waals surface area contributed by atoms with E-state index in [9.17, 15) is 4.79 Å². The van der Waals surface area contributed by atoms with E-state index >= 15 is 0 Å². The molecule has 0 aliphatic rings. The van der Waals surface area contributed by atoms with Crippen LogP contribution in [0, 0.1) is 6.92 Å². The highest BCUT2D eigenvalue weighted by atomic mass is 35.5. The summed E-state index contributed by atoms with van der Waals surface area (Å²) in [5.74, 6) is 1.28. The molecule has 2 aromatic heterocycles. The fourth-order valence-corrected chi connectivity index (χ4v) is 3.54. The van der Waals surface area contributed by atoms with Crippen molar-refractivity contribution in [2.24, 2.45) is 0 Å². The Labute approximate surface area is 166 Å². The van der Waals surface area contributed by atoms with Gasteiger partial charge >= 0.3 is 0 Å². The zero-order valence-corrected chi connectivity index (χ0v) is 16.5. The average Bonchev–Trinajstić information content (AvgIpc) is 3.23. The molecule has 0 aliphatic carbocycles. The van der Waals surface area contributed by atoms with Crippen LogP contribution in [0.3, 0.4) is 0 Å². The summed E-state index contributed by atoms with van der Waals surface area (Å²) in [5, 5.41) is 12.1. The Morgan fingerprint density at radius 2 is 2.19 bits per heavy atom. The van der Waals surface area contributed by atoms with E-state index in [1.165, 1.54) is 11.8 Å². The number of amides is 1. The van der Waals surface area contributed by atoms with E-state index in [1.54, 1.807) is 24.5 Å². The fraction of sp³-hybridized carbons (Fsp3) is 0.211. The zero-order chi connectivity index (χ0) is 19.4. The Kier molecular flexibility index (Phi) is 6.03. The molecule has 27 heavy (non-hydrogen) atoms. The van der Waals surface area contributed by atoms with Crippen LogP contribution >= 0.6 is 23.4 Å². The number of hydrogen-bond donors (Lipinski definition) is 1. The number of aromatic nitrogens is 3. The molecule has 3 aromatic rings. The van der Waals surface area contributed by atoms with Gasteiger partial charge in [-0.3, -0.25) is 9.36 Å². The summed E-state index contributed by atoms with van der Waals surface area (Å²) in [7, 11) is 0. The first kappa shape index (κ1) is 19.3. The van der Waals surface area contributed by atoms with E-state index in [2.05, 4.69) is 22.1 Å². The number of benzene rings is 1. The van der Waals surface area contributed by atoms with E-state index in [-0.39, 0.29) is 5.91 Å². The van der Waals surface area contributed by atoms with Crippen molar-refractivity contribution in [1.82, 2.24) is 14.8 Å². The lowest BCUT2D eigenvalue weighted by molar-refractivity contribution is -0.115. The maximum absolute atomic E-state index is 12.5. The maximum Gasteiger partial charge on any atom is 0.237 e. The molecular formula is C19H19ClN4O2S. The number of thioether (sulfide) groups is 1. The van der Waals surface area contributed by atoms with Crippen LogP contribution in [0.4, 0.5) is 5.69 Å². The number of hydrogen-bond acceptors (Lipinski definition) is 5. The second kappa shape index (κ2) is 8.45. The fourth-order valence-electron chi connectivity index (χ4n) is 2.49. The molecule has 1 atom stereocenters. The van der Waals surface area contributed by atoms with Gasteiger partial charge in [0.15, 0.2) is 11.0 Å². The van der Waals surface area contributed by atoms with Crippen LogP contribution in [-0.2, 0) is 11.3 Å². The maximum atomic E-state index is 12.5. The molecule has 0 spiro atoms. The summed E-state index contributed by atoms with van der Waals surface area (Å²) in [4.78, 5) is 12.5. The number of halogens is 1. The summed E-state index contributed by atoms with van der Waals surface area (Å²) < 4.78 is 7.28. The van der Waals surface area contributed by atoms with E-state index in [1.807, 2.05) is 36.6 Å². The molecule has 6 nitrogen and oxygen atoms in total. The largest absolute Gasteiger partial charge is 0.469 e. The van der Waals surface area contributed by atoms with Gasteiger partial charge in [0, 0.05) is 6.54 Å². The van der Waals surface area contributed by atoms with Gasteiger partial charge in [-0.2, -0.15) is 0 Å². The van der Waals surface area contributed by atoms with Gasteiger partial charge in [-0.05, 0) is 32.0 Å². The normalized spacial score (nSPS) is 12.0. The van der Waals surface area contributed by atoms with Gasteiger partial charge in [-0.25, -0.2) is 0 Å². The molecule has 8 heteroatoms. The van der Waals surface area contributed by atoms with Crippen molar-refractivity contribution in [3.05, 3.63) is 60.0 Å². The Morgan fingerprint density at radius 1 is 1.41 bits per heavy atom. The quantitative estimate of drug-likeness (QED) is 0.453. The highest BCUT2D eigenvalue weighted by Gasteiger charge is 2.22. The number of carbonyl (C=O) groups is 1. The lowest BCUT2D eigenvalue weighted by atomic mass is 10.2. The summed E-state index contributed by atoms with van der Waals surface area (Å²) >= 11 is 7.43. The molecule has 0 saturated carbocycles. The van der Waals surface area contributed by atoms with Crippen molar-refractivity contribution >= 4 is 35.0 Å². The highest BCUT2D eigenvalue weighted by Crippen LogP contribution is 2.30. The van der Waals surface area contributed by atoms with Gasteiger partial charge in [0.2, 0.25) is 5.91 Å². The first-order valence-corrected chi connectivity index (χ1v) is 9.57. The number of carbonyl (C=O) groups excluding carboxylic acids is 1. The average molecular weight is 403 g/mol. The van der Waals surface area contributed by atoms with Crippen LogP contribution in [0.2, 0.25) is 5.02 Å². The van der Waals surface area contributed by atoms with Gasteiger partial charge in [0.1, 0.15) is 5.76 Å². The van der Waals surface area contributed by atoms with E-state index in [4.69, 9.17) is 16.0 Å². The van der Waals surface area contributed by atoms with Gasteiger partial charge in [0.05, 0.1) is 27.8 Å². The Balaban J connectivity index is 1.79. The second-order valence-electron chi connectivity index (χ2n) is 5.83. The van der Waals surface area contributed by atoms with Crippen molar-refractivity contribution in [3.8, 4) is 11.4 Å². The first-order chi connectivity index (χ1) is 13.0. The third-order valence-corrected chi connectivity index (χ3v) is 5.32. The third-order valence-electron chi connectivity index (χ3n) is 3.91. The Hall–Kier alpha value is -2.51. The number of rotatable bonds is 7. The number of nitrogens with one attached hydrogen (secondary N) is 1. The van der Waals surface area contributed by atoms with Crippen LogP contribution in [-0.4, -0.2) is 25.9 Å². The molecule has 1 N–H and O–H groups in total. The van der Waals surface area contributed by atoms with Crippen molar-refractivity contribution < 1.29 is 9.21 Å². The Morgan fingerprint density at radius 3 is 2.85 bits per heavy atom. The van der Waals surface area contributed by atoms with E-state index in [0.717, 1.165) is 11.3 Å². The third kappa shape index (κ3) is 4.26. The molecule has 2 heterocycles. The summed E-state index contributed by atoms with van der Waals surface area (Å²) in [6, 6.07) is 8.97. The number of aryl methyl sites for hydroxylation is 1. The lowest BCUT2D eigenvalue weighted by Crippen LogP contribution is -2.23. The van der Waals surface area contributed by atoms with Crippen LogP contribution in [0.15, 0.2) is 58.8 Å². The molecule has 0 radical (unpaired) electrons. The number of allylic oxidation sites excluding steroid dienone is 1. The summed E-state index contributed by atoms with van der Waals surface area (Å²) in [5.41, 5.74) is 1.45. The topological polar surface area (TPSA) is 73.0 Å². The smallest absolute Gasteiger partial charge is 0.237 e. The molecule has 140 valence electrons. The number of para-hydroxylation sites is 1. The minimum Gasteiger partial charge on any atom is -0.469 e. The molecule has 0 saturated heterocycles. The number of nitrogens with zero attached hydrogens (tertiary/aromatic N) is 3. The van der Waals surface area contributed by atoms with Crippen LogP contribution in [0.5, 0.6) is 0 Å². The van der Waals surface area contributed by atoms with Crippen molar-refractivity contribution in [2.75, 3.05) is 5.32 Å². The van der Waals surface area contributed by atoms with Gasteiger partial charge in [0.25, 0.3) is 0 Å². The molecule has 1 amide bonds. The van der Waals surface area contributed by atoms with Gasteiger partial charge in [-0.1, -0.05) is 41.6 Å². The lowest BCUT2D eigenvalue weighted by Gasteiger charge is -2.13. The van der Waals surface area contributed by atoms with E-state index < -0.39 is 5.25 Å². The molecule has 0 aliphatic heterocycles. The summed E-state index contributed by atoms with van der Waals surface area (Å²) in [6.07, 6.45) is 3.38. The molecule has 3 rings (SSSR count). The molecular weight excluding hydrogens is 384 g/mol. The monoisotopic (exact) mass is 402 g/mol. The minimum atomic E-state index is -0.396.